The molecule has 0 aromatic heterocycles. The quantitative estimate of drug-likeness (QED) is 0.775. The van der Waals surface area contributed by atoms with E-state index in [-0.39, 0.29) is 12.1 Å². The van der Waals surface area contributed by atoms with Crippen molar-refractivity contribution in [1.82, 2.24) is 5.32 Å². The van der Waals surface area contributed by atoms with Crippen LogP contribution in [0, 0.1) is 5.92 Å². The Hall–Kier alpha value is -0.860. The highest BCUT2D eigenvalue weighted by Gasteiger charge is 2.32. The van der Waals surface area contributed by atoms with Crippen LogP contribution in [0.5, 0.6) is 0 Å². The average molecular weight is 207 g/mol. The molecule has 1 unspecified atom stereocenters. The third-order valence-electron chi connectivity index (χ3n) is 3.23. The summed E-state index contributed by atoms with van der Waals surface area (Å²) >= 11 is 0. The Kier molecular flexibility index (Phi) is 4.30. The maximum atomic E-state index is 9.20. The van der Waals surface area contributed by atoms with Crippen LogP contribution >= 0.6 is 0 Å². The summed E-state index contributed by atoms with van der Waals surface area (Å²) in [5.74, 6) is 0.442. The van der Waals surface area contributed by atoms with Gasteiger partial charge in [-0.3, -0.25) is 0 Å². The summed E-state index contributed by atoms with van der Waals surface area (Å²) in [7, 11) is 1.96. The van der Waals surface area contributed by atoms with Crippen LogP contribution in [-0.2, 0) is 5.54 Å². The standard InChI is InChI=1S/C13H21NO/c1-11(2)13(14-3,9-10-15)12-7-5-4-6-8-12/h4-8,11,14-15H,9-10H2,1-3H3. The number of nitrogens with one attached hydrogen (secondary N) is 1. The highest BCUT2D eigenvalue weighted by Crippen LogP contribution is 2.32. The van der Waals surface area contributed by atoms with Crippen LogP contribution in [0.1, 0.15) is 25.8 Å². The second-order valence-electron chi connectivity index (χ2n) is 4.22. The Bertz CT molecular complexity index is 284. The van der Waals surface area contributed by atoms with Crippen molar-refractivity contribution in [2.75, 3.05) is 13.7 Å². The summed E-state index contributed by atoms with van der Waals surface area (Å²) in [6.45, 7) is 4.56. The largest absolute Gasteiger partial charge is 0.396 e. The Labute approximate surface area is 92.3 Å². The van der Waals surface area contributed by atoms with Gasteiger partial charge in [-0.25, -0.2) is 0 Å². The lowest BCUT2D eigenvalue weighted by molar-refractivity contribution is 0.173. The third kappa shape index (κ3) is 2.39. The van der Waals surface area contributed by atoms with Crippen LogP contribution in [0.25, 0.3) is 0 Å². The van der Waals surface area contributed by atoms with Gasteiger partial charge in [0.1, 0.15) is 0 Å². The van der Waals surface area contributed by atoms with Gasteiger partial charge in [0.25, 0.3) is 0 Å². The number of benzene rings is 1. The van der Waals surface area contributed by atoms with Gasteiger partial charge in [0.15, 0.2) is 0 Å². The molecule has 0 saturated carbocycles. The maximum absolute atomic E-state index is 9.20. The summed E-state index contributed by atoms with van der Waals surface area (Å²) in [5, 5.41) is 12.6. The molecule has 0 fully saturated rings. The normalized spacial score (nSPS) is 15.3. The summed E-state index contributed by atoms with van der Waals surface area (Å²) in [6, 6.07) is 10.3. The van der Waals surface area contributed by atoms with Crippen LogP contribution < -0.4 is 5.32 Å². The van der Waals surface area contributed by atoms with E-state index in [0.29, 0.717) is 5.92 Å². The van der Waals surface area contributed by atoms with Gasteiger partial charge in [-0.1, -0.05) is 44.2 Å². The Morgan fingerprint density at radius 1 is 1.27 bits per heavy atom. The molecule has 0 aliphatic rings. The zero-order chi connectivity index (χ0) is 11.3. The fourth-order valence-corrected chi connectivity index (χ4v) is 2.24. The van der Waals surface area contributed by atoms with Crippen molar-refractivity contribution >= 4 is 0 Å². The van der Waals surface area contributed by atoms with Gasteiger partial charge in [-0.05, 0) is 24.9 Å². The predicted octanol–water partition coefficient (Wildman–Crippen LogP) is 2.14. The first-order valence-corrected chi connectivity index (χ1v) is 5.52. The Morgan fingerprint density at radius 2 is 1.87 bits per heavy atom. The molecule has 1 atom stereocenters. The number of rotatable bonds is 5. The smallest absolute Gasteiger partial charge is 0.0477 e. The Morgan fingerprint density at radius 3 is 2.27 bits per heavy atom. The molecule has 2 nitrogen and oxygen atoms in total. The van der Waals surface area contributed by atoms with Gasteiger partial charge in [-0.2, -0.15) is 0 Å². The van der Waals surface area contributed by atoms with E-state index in [4.69, 9.17) is 0 Å². The van der Waals surface area contributed by atoms with E-state index in [1.165, 1.54) is 5.56 Å². The molecule has 0 bridgehead atoms. The highest BCUT2D eigenvalue weighted by molar-refractivity contribution is 5.25. The van der Waals surface area contributed by atoms with Crippen molar-refractivity contribution in [2.45, 2.75) is 25.8 Å². The predicted molar refractivity (Wildman–Crippen MR) is 63.7 cm³/mol. The molecule has 1 rings (SSSR count). The van der Waals surface area contributed by atoms with E-state index in [1.54, 1.807) is 0 Å². The lowest BCUT2D eigenvalue weighted by Gasteiger charge is -2.38. The fraction of sp³-hybridized carbons (Fsp3) is 0.538. The van der Waals surface area contributed by atoms with E-state index in [1.807, 2.05) is 25.2 Å². The summed E-state index contributed by atoms with van der Waals surface area (Å²) in [5.41, 5.74) is 1.13. The molecule has 84 valence electrons. The minimum atomic E-state index is -0.115. The molecule has 0 amide bonds. The summed E-state index contributed by atoms with van der Waals surface area (Å²) in [6.07, 6.45) is 0.741. The van der Waals surface area contributed by atoms with Crippen LogP contribution in [0.3, 0.4) is 0 Å². The minimum absolute atomic E-state index is 0.115. The first kappa shape index (κ1) is 12.2. The molecule has 0 aliphatic heterocycles. The molecule has 0 radical (unpaired) electrons. The van der Waals surface area contributed by atoms with E-state index in [2.05, 4.69) is 31.3 Å². The number of aliphatic hydroxyl groups excluding tert-OH is 1. The van der Waals surface area contributed by atoms with Gasteiger partial charge in [0, 0.05) is 12.1 Å². The van der Waals surface area contributed by atoms with Crippen molar-refractivity contribution in [1.29, 1.82) is 0 Å². The molecule has 2 N–H and O–H groups in total. The maximum Gasteiger partial charge on any atom is 0.0477 e. The van der Waals surface area contributed by atoms with Crippen molar-refractivity contribution in [3.8, 4) is 0 Å². The van der Waals surface area contributed by atoms with E-state index < -0.39 is 0 Å². The van der Waals surface area contributed by atoms with Crippen molar-refractivity contribution in [3.63, 3.8) is 0 Å². The van der Waals surface area contributed by atoms with Gasteiger partial charge >= 0.3 is 0 Å². The van der Waals surface area contributed by atoms with E-state index in [0.717, 1.165) is 6.42 Å². The zero-order valence-electron chi connectivity index (χ0n) is 9.83. The molecule has 0 saturated heterocycles. The zero-order valence-corrected chi connectivity index (χ0v) is 9.83. The molecule has 15 heavy (non-hydrogen) atoms. The van der Waals surface area contributed by atoms with Crippen LogP contribution in [0.15, 0.2) is 30.3 Å². The van der Waals surface area contributed by atoms with Gasteiger partial charge in [0.05, 0.1) is 0 Å². The highest BCUT2D eigenvalue weighted by atomic mass is 16.3. The number of aliphatic hydroxyl groups is 1. The van der Waals surface area contributed by atoms with Crippen LogP contribution in [-0.4, -0.2) is 18.8 Å². The van der Waals surface area contributed by atoms with Gasteiger partial charge < -0.3 is 10.4 Å². The van der Waals surface area contributed by atoms with Crippen LogP contribution in [0.2, 0.25) is 0 Å². The van der Waals surface area contributed by atoms with Gasteiger partial charge in [-0.15, -0.1) is 0 Å². The molecule has 0 heterocycles. The molecular formula is C13H21NO. The third-order valence-corrected chi connectivity index (χ3v) is 3.23. The van der Waals surface area contributed by atoms with Crippen molar-refractivity contribution in [2.24, 2.45) is 5.92 Å². The molecule has 2 heteroatoms. The van der Waals surface area contributed by atoms with E-state index in [9.17, 15) is 5.11 Å². The second-order valence-corrected chi connectivity index (χ2v) is 4.22. The fourth-order valence-electron chi connectivity index (χ4n) is 2.24. The number of hydrogen-bond donors (Lipinski definition) is 2. The van der Waals surface area contributed by atoms with Crippen LogP contribution in [0.4, 0.5) is 0 Å². The molecule has 1 aromatic rings. The molecule has 0 aliphatic carbocycles. The minimum Gasteiger partial charge on any atom is -0.396 e. The van der Waals surface area contributed by atoms with Gasteiger partial charge in [0.2, 0.25) is 0 Å². The van der Waals surface area contributed by atoms with Crippen molar-refractivity contribution < 1.29 is 5.11 Å². The molecule has 0 spiro atoms. The monoisotopic (exact) mass is 207 g/mol. The average Bonchev–Trinajstić information content (AvgIpc) is 2.26. The SMILES string of the molecule is CNC(CCO)(c1ccccc1)C(C)C. The Balaban J connectivity index is 3.09. The topological polar surface area (TPSA) is 32.3 Å². The first-order chi connectivity index (χ1) is 7.17. The lowest BCUT2D eigenvalue weighted by atomic mass is 9.77. The molecule has 1 aromatic carbocycles. The lowest BCUT2D eigenvalue weighted by Crippen LogP contribution is -2.45. The second kappa shape index (κ2) is 5.29. The first-order valence-electron chi connectivity index (χ1n) is 5.52. The molecular weight excluding hydrogens is 186 g/mol. The summed E-state index contributed by atoms with van der Waals surface area (Å²) < 4.78 is 0. The number of hydrogen-bond acceptors (Lipinski definition) is 2. The van der Waals surface area contributed by atoms with Crippen molar-refractivity contribution in [3.05, 3.63) is 35.9 Å². The van der Waals surface area contributed by atoms with E-state index >= 15 is 0 Å². The summed E-state index contributed by atoms with van der Waals surface area (Å²) in [4.78, 5) is 0.